The Hall–Kier alpha value is -1.81. The molecule has 0 fully saturated rings. The van der Waals surface area contributed by atoms with E-state index in [9.17, 15) is 0 Å². The third-order valence-corrected chi connectivity index (χ3v) is 3.75. The van der Waals surface area contributed by atoms with Gasteiger partial charge in [0.05, 0.1) is 19.3 Å². The molecule has 1 aromatic heterocycles. The zero-order valence-corrected chi connectivity index (χ0v) is 13.4. The number of nitrogens with zero attached hydrogens (tertiary/aromatic N) is 2. The van der Waals surface area contributed by atoms with Gasteiger partial charge in [0.2, 0.25) is 0 Å². The predicted molar refractivity (Wildman–Crippen MR) is 85.8 cm³/mol. The molecule has 0 radical (unpaired) electrons. The molecule has 4 nitrogen and oxygen atoms in total. The summed E-state index contributed by atoms with van der Waals surface area (Å²) < 4.78 is 7.27. The van der Waals surface area contributed by atoms with Gasteiger partial charge in [0, 0.05) is 17.8 Å². The van der Waals surface area contributed by atoms with Gasteiger partial charge in [0.25, 0.3) is 0 Å². The Kier molecular flexibility index (Phi) is 5.39. The fraction of sp³-hybridized carbons (Fsp3) is 0.471. The standard InChI is InChI=1S/C17H25N3O/c1-5-10-18-11-17-13(2)19-20(14(17)3)12-15-6-8-16(21-4)9-7-15/h6-9,18H,5,10-12H2,1-4H3. The van der Waals surface area contributed by atoms with Gasteiger partial charge in [-0.2, -0.15) is 5.10 Å². The predicted octanol–water partition coefficient (Wildman–Crippen LogP) is 3.06. The van der Waals surface area contributed by atoms with Gasteiger partial charge < -0.3 is 10.1 Å². The van der Waals surface area contributed by atoms with Gasteiger partial charge in [-0.25, -0.2) is 0 Å². The maximum atomic E-state index is 5.19. The molecule has 0 aliphatic heterocycles. The second-order valence-corrected chi connectivity index (χ2v) is 5.33. The number of nitrogens with one attached hydrogen (secondary N) is 1. The summed E-state index contributed by atoms with van der Waals surface area (Å²) in [5.41, 5.74) is 4.91. The van der Waals surface area contributed by atoms with Gasteiger partial charge in [-0.05, 0) is 44.5 Å². The Morgan fingerprint density at radius 3 is 2.52 bits per heavy atom. The van der Waals surface area contributed by atoms with E-state index in [-0.39, 0.29) is 0 Å². The largest absolute Gasteiger partial charge is 0.497 e. The summed E-state index contributed by atoms with van der Waals surface area (Å²) >= 11 is 0. The molecule has 0 bridgehead atoms. The first kappa shape index (κ1) is 15.6. The number of rotatable bonds is 7. The second-order valence-electron chi connectivity index (χ2n) is 5.33. The molecule has 21 heavy (non-hydrogen) atoms. The Bertz CT molecular complexity index is 572. The minimum Gasteiger partial charge on any atom is -0.497 e. The normalized spacial score (nSPS) is 10.9. The molecule has 4 heteroatoms. The van der Waals surface area contributed by atoms with Crippen LogP contribution in [0.15, 0.2) is 24.3 Å². The smallest absolute Gasteiger partial charge is 0.118 e. The molecule has 0 aliphatic carbocycles. The molecule has 0 unspecified atom stereocenters. The third kappa shape index (κ3) is 3.85. The van der Waals surface area contributed by atoms with E-state index in [0.29, 0.717) is 0 Å². The minimum absolute atomic E-state index is 0.796. The fourth-order valence-corrected chi connectivity index (χ4v) is 2.44. The average molecular weight is 287 g/mol. The summed E-state index contributed by atoms with van der Waals surface area (Å²) in [6, 6.07) is 8.16. The lowest BCUT2D eigenvalue weighted by molar-refractivity contribution is 0.414. The van der Waals surface area contributed by atoms with Crippen molar-refractivity contribution in [2.75, 3.05) is 13.7 Å². The number of ether oxygens (including phenoxy) is 1. The monoisotopic (exact) mass is 287 g/mol. The molecule has 0 aliphatic rings. The Morgan fingerprint density at radius 1 is 1.19 bits per heavy atom. The molecule has 1 heterocycles. The van der Waals surface area contributed by atoms with E-state index in [0.717, 1.165) is 37.5 Å². The van der Waals surface area contributed by atoms with Crippen LogP contribution < -0.4 is 10.1 Å². The molecule has 1 N–H and O–H groups in total. The van der Waals surface area contributed by atoms with Crippen LogP contribution in [0.25, 0.3) is 0 Å². The van der Waals surface area contributed by atoms with Crippen LogP contribution in [-0.2, 0) is 13.1 Å². The Labute approximate surface area is 127 Å². The number of hydrogen-bond donors (Lipinski definition) is 1. The number of aromatic nitrogens is 2. The number of hydrogen-bond acceptors (Lipinski definition) is 3. The van der Waals surface area contributed by atoms with Crippen LogP contribution in [-0.4, -0.2) is 23.4 Å². The van der Waals surface area contributed by atoms with Crippen molar-refractivity contribution in [2.24, 2.45) is 0 Å². The lowest BCUT2D eigenvalue weighted by Crippen LogP contribution is -2.15. The number of aryl methyl sites for hydroxylation is 1. The molecule has 0 atom stereocenters. The van der Waals surface area contributed by atoms with E-state index in [4.69, 9.17) is 4.74 Å². The van der Waals surface area contributed by atoms with Crippen molar-refractivity contribution in [2.45, 2.75) is 40.3 Å². The quantitative estimate of drug-likeness (QED) is 0.796. The molecule has 0 saturated heterocycles. The molecule has 2 rings (SSSR count). The van der Waals surface area contributed by atoms with Crippen LogP contribution in [0.3, 0.4) is 0 Å². The van der Waals surface area contributed by atoms with Crippen molar-refractivity contribution in [1.29, 1.82) is 0 Å². The van der Waals surface area contributed by atoms with Crippen molar-refractivity contribution in [3.05, 3.63) is 46.8 Å². The van der Waals surface area contributed by atoms with Crippen LogP contribution in [0.2, 0.25) is 0 Å². The van der Waals surface area contributed by atoms with Crippen LogP contribution in [0.5, 0.6) is 5.75 Å². The molecular weight excluding hydrogens is 262 g/mol. The van der Waals surface area contributed by atoms with E-state index < -0.39 is 0 Å². The highest BCUT2D eigenvalue weighted by atomic mass is 16.5. The molecule has 1 aromatic carbocycles. The second kappa shape index (κ2) is 7.27. The van der Waals surface area contributed by atoms with E-state index in [2.05, 4.69) is 48.0 Å². The van der Waals surface area contributed by atoms with E-state index in [1.807, 2.05) is 12.1 Å². The highest BCUT2D eigenvalue weighted by Gasteiger charge is 2.11. The van der Waals surface area contributed by atoms with Crippen molar-refractivity contribution >= 4 is 0 Å². The van der Waals surface area contributed by atoms with Crippen LogP contribution in [0, 0.1) is 13.8 Å². The van der Waals surface area contributed by atoms with E-state index in [1.54, 1.807) is 7.11 Å². The summed E-state index contributed by atoms with van der Waals surface area (Å²) in [5.74, 6) is 0.886. The van der Waals surface area contributed by atoms with Crippen molar-refractivity contribution in [3.63, 3.8) is 0 Å². The number of methoxy groups -OCH3 is 1. The summed E-state index contributed by atoms with van der Waals surface area (Å²) in [7, 11) is 1.69. The van der Waals surface area contributed by atoms with Gasteiger partial charge in [-0.15, -0.1) is 0 Å². The van der Waals surface area contributed by atoms with Gasteiger partial charge in [0.1, 0.15) is 5.75 Å². The molecule has 2 aromatic rings. The molecule has 0 spiro atoms. The minimum atomic E-state index is 0.796. The zero-order valence-electron chi connectivity index (χ0n) is 13.4. The first-order valence-corrected chi connectivity index (χ1v) is 7.52. The number of benzene rings is 1. The molecular formula is C17H25N3O. The van der Waals surface area contributed by atoms with Gasteiger partial charge in [-0.3, -0.25) is 4.68 Å². The van der Waals surface area contributed by atoms with Gasteiger partial charge in [-0.1, -0.05) is 19.1 Å². The third-order valence-electron chi connectivity index (χ3n) is 3.75. The molecule has 114 valence electrons. The van der Waals surface area contributed by atoms with E-state index >= 15 is 0 Å². The van der Waals surface area contributed by atoms with Crippen LogP contribution >= 0.6 is 0 Å². The highest BCUT2D eigenvalue weighted by Crippen LogP contribution is 2.16. The summed E-state index contributed by atoms with van der Waals surface area (Å²) in [5, 5.41) is 8.13. The van der Waals surface area contributed by atoms with E-state index in [1.165, 1.54) is 16.8 Å². The summed E-state index contributed by atoms with van der Waals surface area (Å²) in [6.07, 6.45) is 1.15. The average Bonchev–Trinajstić information content (AvgIpc) is 2.75. The van der Waals surface area contributed by atoms with Crippen LogP contribution in [0.1, 0.15) is 35.9 Å². The van der Waals surface area contributed by atoms with Crippen molar-refractivity contribution in [1.82, 2.24) is 15.1 Å². The lowest BCUT2D eigenvalue weighted by atomic mass is 10.2. The maximum Gasteiger partial charge on any atom is 0.118 e. The Balaban J connectivity index is 2.10. The van der Waals surface area contributed by atoms with Crippen molar-refractivity contribution < 1.29 is 4.74 Å². The fourth-order valence-electron chi connectivity index (χ4n) is 2.44. The maximum absolute atomic E-state index is 5.19. The van der Waals surface area contributed by atoms with Gasteiger partial charge in [0.15, 0.2) is 0 Å². The lowest BCUT2D eigenvalue weighted by Gasteiger charge is -2.07. The molecule has 0 amide bonds. The summed E-state index contributed by atoms with van der Waals surface area (Å²) in [6.45, 7) is 9.15. The van der Waals surface area contributed by atoms with Gasteiger partial charge >= 0.3 is 0 Å². The SMILES string of the molecule is CCCNCc1c(C)nn(Cc2ccc(OC)cc2)c1C. The first-order chi connectivity index (χ1) is 10.2. The highest BCUT2D eigenvalue weighted by molar-refractivity contribution is 5.29. The van der Waals surface area contributed by atoms with Crippen molar-refractivity contribution in [3.8, 4) is 5.75 Å². The molecule has 0 saturated carbocycles. The van der Waals surface area contributed by atoms with Crippen LogP contribution in [0.4, 0.5) is 0 Å². The summed E-state index contributed by atoms with van der Waals surface area (Å²) in [4.78, 5) is 0. The zero-order chi connectivity index (χ0) is 15.2. The Morgan fingerprint density at radius 2 is 1.90 bits per heavy atom. The topological polar surface area (TPSA) is 39.1 Å². The first-order valence-electron chi connectivity index (χ1n) is 7.52.